The van der Waals surface area contributed by atoms with E-state index in [1.165, 1.54) is 25.7 Å². The van der Waals surface area contributed by atoms with Crippen LogP contribution in [0.25, 0.3) is 0 Å². The van der Waals surface area contributed by atoms with Gasteiger partial charge in [-0.25, -0.2) is 0 Å². The molecule has 0 aliphatic heterocycles. The fourth-order valence-corrected chi connectivity index (χ4v) is 3.11. The van der Waals surface area contributed by atoms with Crippen molar-refractivity contribution in [2.45, 2.75) is 70.9 Å². The second kappa shape index (κ2) is 6.58. The summed E-state index contributed by atoms with van der Waals surface area (Å²) in [5.41, 5.74) is 2.97. The van der Waals surface area contributed by atoms with Crippen LogP contribution >= 0.6 is 0 Å². The predicted molar refractivity (Wildman–Crippen MR) is 68.0 cm³/mol. The van der Waals surface area contributed by atoms with Crippen LogP contribution in [0.2, 0.25) is 0 Å². The summed E-state index contributed by atoms with van der Waals surface area (Å²) in [5.74, 6) is 6.25. The molecule has 0 saturated heterocycles. The molecule has 96 valence electrons. The molecule has 3 heteroatoms. The third-order valence-corrected chi connectivity index (χ3v) is 3.79. The highest BCUT2D eigenvalue weighted by molar-refractivity contribution is 4.95. The Labute approximate surface area is 100 Å². The number of hydrogen-bond acceptors (Lipinski definition) is 3. The van der Waals surface area contributed by atoms with Gasteiger partial charge in [0.1, 0.15) is 0 Å². The van der Waals surface area contributed by atoms with Crippen molar-refractivity contribution < 1.29 is 4.74 Å². The first-order chi connectivity index (χ1) is 7.66. The van der Waals surface area contributed by atoms with Crippen molar-refractivity contribution in [3.05, 3.63) is 0 Å². The highest BCUT2D eigenvalue weighted by atomic mass is 16.5. The number of ether oxygens (including phenoxy) is 1. The monoisotopic (exact) mass is 228 g/mol. The van der Waals surface area contributed by atoms with Gasteiger partial charge in [-0.05, 0) is 25.7 Å². The van der Waals surface area contributed by atoms with Crippen molar-refractivity contribution >= 4 is 0 Å². The highest BCUT2D eigenvalue weighted by Crippen LogP contribution is 2.35. The molecule has 3 N–H and O–H groups in total. The first-order valence-electron chi connectivity index (χ1n) is 6.76. The van der Waals surface area contributed by atoms with Crippen molar-refractivity contribution in [1.82, 2.24) is 5.43 Å². The average molecular weight is 228 g/mol. The lowest BCUT2D eigenvalue weighted by Gasteiger charge is -2.42. The van der Waals surface area contributed by atoms with Crippen LogP contribution in [-0.2, 0) is 4.74 Å². The van der Waals surface area contributed by atoms with Crippen molar-refractivity contribution in [2.75, 3.05) is 6.61 Å². The number of hydrazine groups is 1. The Morgan fingerprint density at radius 3 is 2.12 bits per heavy atom. The van der Waals surface area contributed by atoms with E-state index in [1.54, 1.807) is 0 Å². The second-order valence-electron chi connectivity index (χ2n) is 5.30. The Morgan fingerprint density at radius 2 is 1.75 bits per heavy atom. The molecule has 0 heterocycles. The summed E-state index contributed by atoms with van der Waals surface area (Å²) in [7, 11) is 0. The zero-order valence-corrected chi connectivity index (χ0v) is 11.1. The van der Waals surface area contributed by atoms with Crippen LogP contribution in [0.3, 0.4) is 0 Å². The molecule has 1 aliphatic carbocycles. The first-order valence-corrected chi connectivity index (χ1v) is 6.76. The van der Waals surface area contributed by atoms with Gasteiger partial charge in [0.2, 0.25) is 0 Å². The number of nitrogens with two attached hydrogens (primary N) is 1. The Hall–Kier alpha value is -0.120. The van der Waals surface area contributed by atoms with Crippen molar-refractivity contribution in [1.29, 1.82) is 0 Å². The predicted octanol–water partition coefficient (Wildman–Crippen LogP) is 2.60. The van der Waals surface area contributed by atoms with Crippen LogP contribution in [0.5, 0.6) is 0 Å². The largest absolute Gasteiger partial charge is 0.374 e. The molecule has 1 fully saturated rings. The SMILES string of the molecule is CCOC1(C(NN)C(C)C)CCCCCC1. The van der Waals surface area contributed by atoms with Gasteiger partial charge in [-0.2, -0.15) is 0 Å². The summed E-state index contributed by atoms with van der Waals surface area (Å²) < 4.78 is 6.12. The normalized spacial score (nSPS) is 23.1. The van der Waals surface area contributed by atoms with Gasteiger partial charge in [-0.3, -0.25) is 11.3 Å². The lowest BCUT2D eigenvalue weighted by molar-refractivity contribution is -0.0869. The molecule has 1 rings (SSSR count). The molecular formula is C13H28N2O. The maximum absolute atomic E-state index is 6.12. The summed E-state index contributed by atoms with van der Waals surface area (Å²) >= 11 is 0. The fraction of sp³-hybridized carbons (Fsp3) is 1.00. The molecule has 16 heavy (non-hydrogen) atoms. The fourth-order valence-electron chi connectivity index (χ4n) is 3.11. The summed E-state index contributed by atoms with van der Waals surface area (Å²) in [6, 6.07) is 0.269. The Balaban J connectivity index is 2.82. The highest BCUT2D eigenvalue weighted by Gasteiger charge is 2.40. The molecule has 0 aromatic rings. The Morgan fingerprint density at radius 1 is 1.19 bits per heavy atom. The van der Waals surface area contributed by atoms with E-state index < -0.39 is 0 Å². The van der Waals surface area contributed by atoms with E-state index in [1.807, 2.05) is 0 Å². The maximum atomic E-state index is 6.12. The second-order valence-corrected chi connectivity index (χ2v) is 5.30. The van der Waals surface area contributed by atoms with E-state index in [4.69, 9.17) is 10.6 Å². The molecule has 3 nitrogen and oxygen atoms in total. The molecule has 0 aromatic heterocycles. The summed E-state index contributed by atoms with van der Waals surface area (Å²) in [6.45, 7) is 7.30. The molecule has 1 aliphatic rings. The van der Waals surface area contributed by atoms with Crippen LogP contribution in [0.4, 0.5) is 0 Å². The number of nitrogens with one attached hydrogen (secondary N) is 1. The minimum Gasteiger partial charge on any atom is -0.374 e. The Bertz CT molecular complexity index is 186. The zero-order valence-electron chi connectivity index (χ0n) is 11.1. The molecule has 0 bridgehead atoms. The molecule has 1 saturated carbocycles. The van der Waals surface area contributed by atoms with Gasteiger partial charge in [-0.1, -0.05) is 39.5 Å². The van der Waals surface area contributed by atoms with Gasteiger partial charge >= 0.3 is 0 Å². The number of hydrogen-bond donors (Lipinski definition) is 2. The third-order valence-electron chi connectivity index (χ3n) is 3.79. The summed E-state index contributed by atoms with van der Waals surface area (Å²) in [4.78, 5) is 0. The molecule has 1 atom stereocenters. The molecule has 0 spiro atoms. The topological polar surface area (TPSA) is 47.3 Å². The standard InChI is InChI=1S/C13H28N2O/c1-4-16-13(12(15-14)11(2)3)9-7-5-6-8-10-13/h11-12,15H,4-10,14H2,1-3H3. The lowest BCUT2D eigenvalue weighted by atomic mass is 9.80. The van der Waals surface area contributed by atoms with Crippen molar-refractivity contribution in [3.8, 4) is 0 Å². The Kier molecular flexibility index (Phi) is 5.73. The quantitative estimate of drug-likeness (QED) is 0.432. The molecule has 0 aromatic carbocycles. The molecular weight excluding hydrogens is 200 g/mol. The summed E-state index contributed by atoms with van der Waals surface area (Å²) in [5, 5.41) is 0. The average Bonchev–Trinajstić information content (AvgIpc) is 2.45. The van der Waals surface area contributed by atoms with Crippen LogP contribution in [0.1, 0.15) is 59.3 Å². The van der Waals surface area contributed by atoms with Crippen LogP contribution in [0, 0.1) is 5.92 Å². The van der Waals surface area contributed by atoms with E-state index in [-0.39, 0.29) is 11.6 Å². The molecule has 0 radical (unpaired) electrons. The smallest absolute Gasteiger partial charge is 0.0850 e. The van der Waals surface area contributed by atoms with Gasteiger partial charge < -0.3 is 4.74 Å². The number of rotatable bonds is 5. The van der Waals surface area contributed by atoms with E-state index in [0.29, 0.717) is 5.92 Å². The van der Waals surface area contributed by atoms with E-state index in [2.05, 4.69) is 26.2 Å². The van der Waals surface area contributed by atoms with Gasteiger partial charge in [0, 0.05) is 6.61 Å². The summed E-state index contributed by atoms with van der Waals surface area (Å²) in [6.07, 6.45) is 7.51. The minimum atomic E-state index is -0.0336. The van der Waals surface area contributed by atoms with Crippen molar-refractivity contribution in [3.63, 3.8) is 0 Å². The zero-order chi connectivity index (χ0) is 12.0. The van der Waals surface area contributed by atoms with Crippen LogP contribution < -0.4 is 11.3 Å². The van der Waals surface area contributed by atoms with Gasteiger partial charge in [-0.15, -0.1) is 0 Å². The maximum Gasteiger partial charge on any atom is 0.0850 e. The minimum absolute atomic E-state index is 0.0336. The lowest BCUT2D eigenvalue weighted by Crippen LogP contribution is -2.57. The van der Waals surface area contributed by atoms with Gasteiger partial charge in [0.15, 0.2) is 0 Å². The van der Waals surface area contributed by atoms with Crippen LogP contribution in [0.15, 0.2) is 0 Å². The first kappa shape index (κ1) is 13.9. The third kappa shape index (κ3) is 3.19. The van der Waals surface area contributed by atoms with Crippen LogP contribution in [-0.4, -0.2) is 18.2 Å². The van der Waals surface area contributed by atoms with Crippen molar-refractivity contribution in [2.24, 2.45) is 11.8 Å². The van der Waals surface area contributed by atoms with E-state index >= 15 is 0 Å². The van der Waals surface area contributed by atoms with Gasteiger partial charge in [0.05, 0.1) is 11.6 Å². The molecule has 1 unspecified atom stereocenters. The van der Waals surface area contributed by atoms with E-state index in [9.17, 15) is 0 Å². The van der Waals surface area contributed by atoms with Gasteiger partial charge in [0.25, 0.3) is 0 Å². The van der Waals surface area contributed by atoms with E-state index in [0.717, 1.165) is 19.4 Å². The molecule has 0 amide bonds.